The summed E-state index contributed by atoms with van der Waals surface area (Å²) in [5.74, 6) is 0.774. The fraction of sp³-hybridized carbons (Fsp3) is 0.312. The van der Waals surface area contributed by atoms with Crippen LogP contribution in [0.2, 0.25) is 0 Å². The van der Waals surface area contributed by atoms with Gasteiger partial charge in [0.1, 0.15) is 12.4 Å². The fourth-order valence-corrected chi connectivity index (χ4v) is 1.84. The summed E-state index contributed by atoms with van der Waals surface area (Å²) in [4.78, 5) is 6.47. The molecule has 20 heavy (non-hydrogen) atoms. The highest BCUT2D eigenvalue weighted by atomic mass is 16.5. The Morgan fingerprint density at radius 2 is 1.90 bits per heavy atom. The van der Waals surface area contributed by atoms with Gasteiger partial charge in [0.2, 0.25) is 0 Å². The van der Waals surface area contributed by atoms with Crippen molar-refractivity contribution in [2.45, 2.75) is 6.04 Å². The second-order valence-corrected chi connectivity index (χ2v) is 4.96. The third-order valence-corrected chi connectivity index (χ3v) is 3.04. The molecule has 1 aromatic carbocycles. The van der Waals surface area contributed by atoms with Crippen molar-refractivity contribution in [2.24, 2.45) is 5.73 Å². The number of ether oxygens (including phenoxy) is 1. The molecule has 4 heteroatoms. The Balaban J connectivity index is 1.97. The van der Waals surface area contributed by atoms with Crippen molar-refractivity contribution in [1.82, 2.24) is 9.88 Å². The van der Waals surface area contributed by atoms with Crippen molar-refractivity contribution in [3.63, 3.8) is 0 Å². The molecule has 1 heterocycles. The first-order valence-electron chi connectivity index (χ1n) is 6.71. The van der Waals surface area contributed by atoms with E-state index in [1.807, 2.05) is 56.6 Å². The number of aromatic nitrogens is 1. The van der Waals surface area contributed by atoms with E-state index in [9.17, 15) is 0 Å². The fourth-order valence-electron chi connectivity index (χ4n) is 1.84. The molecule has 0 radical (unpaired) electrons. The van der Waals surface area contributed by atoms with E-state index in [0.717, 1.165) is 23.6 Å². The third-order valence-electron chi connectivity index (χ3n) is 3.04. The van der Waals surface area contributed by atoms with E-state index < -0.39 is 0 Å². The molecule has 0 aliphatic rings. The zero-order chi connectivity index (χ0) is 14.4. The molecule has 0 aliphatic heterocycles. The molecular formula is C16H21N3O. The van der Waals surface area contributed by atoms with E-state index in [4.69, 9.17) is 10.5 Å². The van der Waals surface area contributed by atoms with E-state index >= 15 is 0 Å². The molecule has 0 aliphatic carbocycles. The van der Waals surface area contributed by atoms with Crippen LogP contribution in [-0.4, -0.2) is 37.1 Å². The van der Waals surface area contributed by atoms with Crippen LogP contribution in [0.25, 0.3) is 0 Å². The summed E-state index contributed by atoms with van der Waals surface area (Å²) in [7, 11) is 4.03. The highest BCUT2D eigenvalue weighted by Gasteiger charge is 2.09. The average molecular weight is 271 g/mol. The van der Waals surface area contributed by atoms with Crippen LogP contribution >= 0.6 is 0 Å². The van der Waals surface area contributed by atoms with E-state index in [2.05, 4.69) is 9.88 Å². The van der Waals surface area contributed by atoms with E-state index in [1.165, 1.54) is 0 Å². The number of nitrogens with two attached hydrogens (primary N) is 1. The van der Waals surface area contributed by atoms with Gasteiger partial charge in [0, 0.05) is 6.54 Å². The van der Waals surface area contributed by atoms with Gasteiger partial charge in [-0.15, -0.1) is 0 Å². The van der Waals surface area contributed by atoms with Crippen molar-refractivity contribution in [3.05, 3.63) is 59.9 Å². The Kier molecular flexibility index (Phi) is 5.09. The molecular weight excluding hydrogens is 250 g/mol. The molecule has 0 fully saturated rings. The second kappa shape index (κ2) is 7.03. The molecule has 1 unspecified atom stereocenters. The largest absolute Gasteiger partial charge is 0.491 e. The lowest BCUT2D eigenvalue weighted by atomic mass is 10.0. The number of rotatable bonds is 6. The molecule has 1 aromatic heterocycles. The summed E-state index contributed by atoms with van der Waals surface area (Å²) in [6.07, 6.45) is 1.73. The molecule has 0 saturated heterocycles. The van der Waals surface area contributed by atoms with Gasteiger partial charge in [0.25, 0.3) is 0 Å². The molecule has 4 nitrogen and oxygen atoms in total. The summed E-state index contributed by atoms with van der Waals surface area (Å²) in [5, 5.41) is 0. The van der Waals surface area contributed by atoms with Crippen molar-refractivity contribution < 1.29 is 4.74 Å². The van der Waals surface area contributed by atoms with Gasteiger partial charge in [0.05, 0.1) is 17.9 Å². The Morgan fingerprint density at radius 3 is 2.50 bits per heavy atom. The molecule has 0 spiro atoms. The number of benzene rings is 1. The van der Waals surface area contributed by atoms with Crippen molar-refractivity contribution in [2.75, 3.05) is 27.2 Å². The van der Waals surface area contributed by atoms with Gasteiger partial charge in [-0.2, -0.15) is 0 Å². The van der Waals surface area contributed by atoms with Gasteiger partial charge >= 0.3 is 0 Å². The maximum Gasteiger partial charge on any atom is 0.137 e. The minimum atomic E-state index is -0.202. The van der Waals surface area contributed by atoms with E-state index in [0.29, 0.717) is 6.61 Å². The smallest absolute Gasteiger partial charge is 0.137 e. The van der Waals surface area contributed by atoms with Crippen LogP contribution < -0.4 is 10.5 Å². The molecule has 2 rings (SSSR count). The van der Waals surface area contributed by atoms with Gasteiger partial charge in [-0.05, 0) is 31.8 Å². The Morgan fingerprint density at radius 1 is 1.15 bits per heavy atom. The number of pyridine rings is 1. The SMILES string of the molecule is CN(C)CCOc1ccc(C(N)c2ccccc2)nc1. The quantitative estimate of drug-likeness (QED) is 0.874. The first-order chi connectivity index (χ1) is 9.66. The van der Waals surface area contributed by atoms with Crippen LogP contribution in [-0.2, 0) is 0 Å². The monoisotopic (exact) mass is 271 g/mol. The average Bonchev–Trinajstić information content (AvgIpc) is 2.48. The standard InChI is InChI=1S/C16H21N3O/c1-19(2)10-11-20-14-8-9-15(18-12-14)16(17)13-6-4-3-5-7-13/h3-9,12,16H,10-11,17H2,1-2H3. The van der Waals surface area contributed by atoms with Gasteiger partial charge in [-0.3, -0.25) is 4.98 Å². The summed E-state index contributed by atoms with van der Waals surface area (Å²) < 4.78 is 5.61. The molecule has 106 valence electrons. The minimum absolute atomic E-state index is 0.202. The zero-order valence-corrected chi connectivity index (χ0v) is 12.0. The lowest BCUT2D eigenvalue weighted by Gasteiger charge is -2.13. The van der Waals surface area contributed by atoms with Gasteiger partial charge in [-0.25, -0.2) is 0 Å². The first kappa shape index (κ1) is 14.5. The summed E-state index contributed by atoms with van der Waals surface area (Å²) >= 11 is 0. The predicted molar refractivity (Wildman–Crippen MR) is 80.8 cm³/mol. The number of hydrogen-bond acceptors (Lipinski definition) is 4. The first-order valence-corrected chi connectivity index (χ1v) is 6.71. The van der Waals surface area contributed by atoms with E-state index in [-0.39, 0.29) is 6.04 Å². The van der Waals surface area contributed by atoms with Crippen LogP contribution in [0.4, 0.5) is 0 Å². The summed E-state index contributed by atoms with van der Waals surface area (Å²) in [6, 6.07) is 13.6. The van der Waals surface area contributed by atoms with Crippen LogP contribution in [0.1, 0.15) is 17.3 Å². The van der Waals surface area contributed by atoms with Gasteiger partial charge in [0.15, 0.2) is 0 Å². The van der Waals surface area contributed by atoms with Crippen LogP contribution in [0, 0.1) is 0 Å². The van der Waals surface area contributed by atoms with Crippen LogP contribution in [0.3, 0.4) is 0 Å². The van der Waals surface area contributed by atoms with Gasteiger partial charge in [-0.1, -0.05) is 30.3 Å². The molecule has 0 saturated carbocycles. The Labute approximate surface area is 120 Å². The van der Waals surface area contributed by atoms with Crippen molar-refractivity contribution in [1.29, 1.82) is 0 Å². The van der Waals surface area contributed by atoms with Crippen molar-refractivity contribution >= 4 is 0 Å². The predicted octanol–water partition coefficient (Wildman–Crippen LogP) is 2.07. The lowest BCUT2D eigenvalue weighted by molar-refractivity contribution is 0.260. The number of nitrogens with zero attached hydrogens (tertiary/aromatic N) is 2. The molecule has 2 aromatic rings. The normalized spacial score (nSPS) is 12.4. The van der Waals surface area contributed by atoms with Crippen LogP contribution in [0.5, 0.6) is 5.75 Å². The maximum atomic E-state index is 6.20. The Bertz CT molecular complexity index is 511. The molecule has 0 amide bonds. The third kappa shape index (κ3) is 4.05. The summed E-state index contributed by atoms with van der Waals surface area (Å²) in [5.41, 5.74) is 8.10. The lowest BCUT2D eigenvalue weighted by Crippen LogP contribution is -2.19. The summed E-state index contributed by atoms with van der Waals surface area (Å²) in [6.45, 7) is 1.53. The maximum absolute atomic E-state index is 6.20. The zero-order valence-electron chi connectivity index (χ0n) is 12.0. The highest BCUT2D eigenvalue weighted by Crippen LogP contribution is 2.19. The number of hydrogen-bond donors (Lipinski definition) is 1. The van der Waals surface area contributed by atoms with E-state index in [1.54, 1.807) is 6.20 Å². The molecule has 0 bridgehead atoms. The molecule has 2 N–H and O–H groups in total. The Hall–Kier alpha value is -1.91. The second-order valence-electron chi connectivity index (χ2n) is 4.96. The topological polar surface area (TPSA) is 51.4 Å². The minimum Gasteiger partial charge on any atom is -0.491 e. The van der Waals surface area contributed by atoms with Gasteiger partial charge < -0.3 is 15.4 Å². The molecule has 1 atom stereocenters. The highest BCUT2D eigenvalue weighted by molar-refractivity contribution is 5.29. The van der Waals surface area contributed by atoms with Crippen molar-refractivity contribution in [3.8, 4) is 5.75 Å². The number of likely N-dealkylation sites (N-methyl/N-ethyl adjacent to an activating group) is 1. The van der Waals surface area contributed by atoms with Crippen LogP contribution in [0.15, 0.2) is 48.7 Å².